The first-order valence-electron chi connectivity index (χ1n) is 12.2. The van der Waals surface area contributed by atoms with Crippen molar-refractivity contribution < 1.29 is 28.7 Å². The first kappa shape index (κ1) is 27.5. The Morgan fingerprint density at radius 2 is 1.32 bits per heavy atom. The fourth-order valence-electron chi connectivity index (χ4n) is 3.43. The van der Waals surface area contributed by atoms with Gasteiger partial charge in [-0.15, -0.1) is 0 Å². The average Bonchev–Trinajstić information content (AvgIpc) is 2.98. The molecule has 0 saturated heterocycles. The minimum Gasteiger partial charge on any atom is -0.423 e. The molecule has 40 heavy (non-hydrogen) atoms. The number of carbonyl (C=O) groups excluding carboxylic acids is 4. The van der Waals surface area contributed by atoms with Crippen LogP contribution in [0.2, 0.25) is 0 Å². The van der Waals surface area contributed by atoms with Crippen molar-refractivity contribution in [3.8, 4) is 11.5 Å². The van der Waals surface area contributed by atoms with Crippen LogP contribution in [0.5, 0.6) is 11.5 Å². The van der Waals surface area contributed by atoms with E-state index in [9.17, 15) is 19.2 Å². The van der Waals surface area contributed by atoms with Crippen molar-refractivity contribution in [1.82, 2.24) is 10.7 Å². The Bertz CT molecular complexity index is 1530. The first-order chi connectivity index (χ1) is 19.4. The maximum absolute atomic E-state index is 12.7. The number of amides is 2. The Morgan fingerprint density at radius 3 is 1.95 bits per heavy atom. The lowest BCUT2D eigenvalue weighted by Crippen LogP contribution is -2.34. The summed E-state index contributed by atoms with van der Waals surface area (Å²) in [6.45, 7) is 1.61. The summed E-state index contributed by atoms with van der Waals surface area (Å²) >= 11 is 0. The van der Waals surface area contributed by atoms with Gasteiger partial charge in [0.2, 0.25) is 0 Å². The van der Waals surface area contributed by atoms with E-state index in [1.807, 2.05) is 6.92 Å². The fourth-order valence-corrected chi connectivity index (χ4v) is 3.43. The lowest BCUT2D eigenvalue weighted by molar-refractivity contribution is -0.120. The largest absolute Gasteiger partial charge is 0.423 e. The minimum atomic E-state index is -0.635. The van der Waals surface area contributed by atoms with Gasteiger partial charge in [-0.05, 0) is 55.5 Å². The molecule has 9 heteroatoms. The van der Waals surface area contributed by atoms with Crippen molar-refractivity contribution in [3.05, 3.63) is 131 Å². The van der Waals surface area contributed by atoms with Crippen molar-refractivity contribution in [1.29, 1.82) is 0 Å². The summed E-state index contributed by atoms with van der Waals surface area (Å²) in [5, 5.41) is 6.43. The minimum absolute atomic E-state index is 0.0536. The molecule has 0 aliphatic heterocycles. The number of hydrogen-bond acceptors (Lipinski definition) is 7. The summed E-state index contributed by atoms with van der Waals surface area (Å²) in [7, 11) is 0. The fraction of sp³-hybridized carbons (Fsp3) is 0.0645. The standard InChI is InChI=1S/C31H25N3O6/c1-21-12-14-22(15-13-21)29(36)32-20-28(35)34-33-19-25-16-17-26(39-30(37)23-8-4-2-5-9-23)18-27(25)40-31(38)24-10-6-3-7-11-24/h2-19H,20H2,1H3,(H,32,36)(H,34,35)/b33-19-. The van der Waals surface area contributed by atoms with Gasteiger partial charge < -0.3 is 14.8 Å². The highest BCUT2D eigenvalue weighted by molar-refractivity contribution is 5.97. The summed E-state index contributed by atoms with van der Waals surface area (Å²) in [5.74, 6) is -1.97. The third-order valence-corrected chi connectivity index (χ3v) is 5.53. The van der Waals surface area contributed by atoms with Crippen LogP contribution in [-0.2, 0) is 4.79 Å². The van der Waals surface area contributed by atoms with Gasteiger partial charge >= 0.3 is 11.9 Å². The lowest BCUT2D eigenvalue weighted by atomic mass is 10.1. The van der Waals surface area contributed by atoms with E-state index < -0.39 is 23.8 Å². The number of rotatable bonds is 9. The molecule has 4 rings (SSSR count). The number of ether oxygens (including phenoxy) is 2. The molecule has 0 radical (unpaired) electrons. The van der Waals surface area contributed by atoms with Crippen LogP contribution in [0.25, 0.3) is 0 Å². The molecule has 0 heterocycles. The normalized spacial score (nSPS) is 10.5. The second-order valence-corrected chi connectivity index (χ2v) is 8.55. The van der Waals surface area contributed by atoms with Gasteiger partial charge in [-0.3, -0.25) is 9.59 Å². The van der Waals surface area contributed by atoms with E-state index in [1.54, 1.807) is 84.9 Å². The number of carbonyl (C=O) groups is 4. The second kappa shape index (κ2) is 13.3. The Morgan fingerprint density at radius 1 is 0.725 bits per heavy atom. The van der Waals surface area contributed by atoms with Crippen LogP contribution in [-0.4, -0.2) is 36.5 Å². The number of hydrazone groups is 1. The van der Waals surface area contributed by atoms with Gasteiger partial charge in [0.15, 0.2) is 0 Å². The predicted molar refractivity (Wildman–Crippen MR) is 148 cm³/mol. The highest BCUT2D eigenvalue weighted by atomic mass is 16.5. The quantitative estimate of drug-likeness (QED) is 0.142. The van der Waals surface area contributed by atoms with E-state index >= 15 is 0 Å². The predicted octanol–water partition coefficient (Wildman–Crippen LogP) is 4.31. The topological polar surface area (TPSA) is 123 Å². The second-order valence-electron chi connectivity index (χ2n) is 8.55. The Labute approximate surface area is 230 Å². The molecule has 0 atom stereocenters. The zero-order chi connectivity index (χ0) is 28.3. The molecule has 2 amide bonds. The van der Waals surface area contributed by atoms with Crippen LogP contribution in [0.15, 0.2) is 108 Å². The molecule has 0 aromatic heterocycles. The van der Waals surface area contributed by atoms with E-state index in [0.717, 1.165) is 5.56 Å². The van der Waals surface area contributed by atoms with Crippen LogP contribution in [0.1, 0.15) is 42.2 Å². The molecule has 0 aliphatic carbocycles. The maximum Gasteiger partial charge on any atom is 0.343 e. The number of nitrogens with one attached hydrogen (secondary N) is 2. The number of nitrogens with zero attached hydrogens (tertiary/aromatic N) is 1. The highest BCUT2D eigenvalue weighted by Gasteiger charge is 2.15. The summed E-state index contributed by atoms with van der Waals surface area (Å²) in [6.07, 6.45) is 1.27. The molecule has 2 N–H and O–H groups in total. The summed E-state index contributed by atoms with van der Waals surface area (Å²) in [6, 6.07) is 28.1. The van der Waals surface area contributed by atoms with Crippen molar-refractivity contribution >= 4 is 30.0 Å². The number of esters is 2. The van der Waals surface area contributed by atoms with Crippen molar-refractivity contribution in [2.45, 2.75) is 6.92 Å². The molecule has 9 nitrogen and oxygen atoms in total. The SMILES string of the molecule is Cc1ccc(C(=O)NCC(=O)N/N=C\c2ccc(OC(=O)c3ccccc3)cc2OC(=O)c2ccccc2)cc1. The van der Waals surface area contributed by atoms with E-state index in [0.29, 0.717) is 22.3 Å². The van der Waals surface area contributed by atoms with Crippen LogP contribution in [0.4, 0.5) is 0 Å². The monoisotopic (exact) mass is 535 g/mol. The zero-order valence-electron chi connectivity index (χ0n) is 21.5. The Balaban J connectivity index is 1.44. The molecule has 0 unspecified atom stereocenters. The highest BCUT2D eigenvalue weighted by Crippen LogP contribution is 2.25. The van der Waals surface area contributed by atoms with E-state index in [-0.39, 0.29) is 18.0 Å². The van der Waals surface area contributed by atoms with Crippen LogP contribution in [0.3, 0.4) is 0 Å². The molecule has 4 aromatic carbocycles. The van der Waals surface area contributed by atoms with Gasteiger partial charge in [-0.2, -0.15) is 5.10 Å². The molecule has 4 aromatic rings. The summed E-state index contributed by atoms with van der Waals surface area (Å²) in [4.78, 5) is 49.6. The maximum atomic E-state index is 12.7. The number of benzene rings is 4. The number of hydrogen-bond donors (Lipinski definition) is 2. The van der Waals surface area contributed by atoms with Crippen LogP contribution < -0.4 is 20.2 Å². The summed E-state index contributed by atoms with van der Waals surface area (Å²) < 4.78 is 11.0. The zero-order valence-corrected chi connectivity index (χ0v) is 21.5. The molecular weight excluding hydrogens is 510 g/mol. The Hall–Kier alpha value is -5.57. The van der Waals surface area contributed by atoms with Gasteiger partial charge in [0.1, 0.15) is 11.5 Å². The third-order valence-electron chi connectivity index (χ3n) is 5.53. The van der Waals surface area contributed by atoms with Crippen LogP contribution in [0, 0.1) is 6.92 Å². The van der Waals surface area contributed by atoms with Gasteiger partial charge in [0, 0.05) is 17.2 Å². The Kier molecular flexibility index (Phi) is 9.13. The number of aryl methyl sites for hydroxylation is 1. The molecule has 0 spiro atoms. The smallest absolute Gasteiger partial charge is 0.343 e. The molecule has 0 bridgehead atoms. The molecule has 0 fully saturated rings. The van der Waals surface area contributed by atoms with Crippen molar-refractivity contribution in [3.63, 3.8) is 0 Å². The van der Waals surface area contributed by atoms with Gasteiger partial charge in [0.05, 0.1) is 23.9 Å². The van der Waals surface area contributed by atoms with E-state index in [2.05, 4.69) is 15.8 Å². The molecular formula is C31H25N3O6. The molecule has 0 saturated carbocycles. The van der Waals surface area contributed by atoms with Gasteiger partial charge in [-0.1, -0.05) is 54.1 Å². The molecule has 200 valence electrons. The first-order valence-corrected chi connectivity index (χ1v) is 12.2. The van der Waals surface area contributed by atoms with Gasteiger partial charge in [-0.25, -0.2) is 15.0 Å². The average molecular weight is 536 g/mol. The van der Waals surface area contributed by atoms with Crippen molar-refractivity contribution in [2.75, 3.05) is 6.54 Å². The van der Waals surface area contributed by atoms with Crippen LogP contribution >= 0.6 is 0 Å². The van der Waals surface area contributed by atoms with Gasteiger partial charge in [0.25, 0.3) is 11.8 Å². The lowest BCUT2D eigenvalue weighted by Gasteiger charge is -2.10. The third kappa shape index (κ3) is 7.72. The van der Waals surface area contributed by atoms with E-state index in [1.165, 1.54) is 24.4 Å². The molecule has 0 aliphatic rings. The summed E-state index contributed by atoms with van der Waals surface area (Å²) in [5.41, 5.74) is 4.76. The van der Waals surface area contributed by atoms with E-state index in [4.69, 9.17) is 9.47 Å². The van der Waals surface area contributed by atoms with Crippen molar-refractivity contribution in [2.24, 2.45) is 5.10 Å².